The number of nitrogens with one attached hydrogen (secondary N) is 1. The van der Waals surface area contributed by atoms with Gasteiger partial charge >= 0.3 is 0 Å². The lowest BCUT2D eigenvalue weighted by Crippen LogP contribution is -2.30. The van der Waals surface area contributed by atoms with Crippen LogP contribution in [-0.4, -0.2) is 33.0 Å². The molecule has 1 N–H and O–H groups in total. The first-order chi connectivity index (χ1) is 9.91. The van der Waals surface area contributed by atoms with Gasteiger partial charge < -0.3 is 5.32 Å². The molecule has 2 unspecified atom stereocenters. The summed E-state index contributed by atoms with van der Waals surface area (Å²) in [7, 11) is -2.85. The van der Waals surface area contributed by atoms with Crippen molar-refractivity contribution in [2.45, 2.75) is 19.8 Å². The van der Waals surface area contributed by atoms with Crippen LogP contribution in [0.5, 0.6) is 0 Å². The molecule has 1 aliphatic heterocycles. The molecule has 0 amide bonds. The zero-order chi connectivity index (χ0) is 15.5. The molecule has 0 bridgehead atoms. The van der Waals surface area contributed by atoms with Gasteiger partial charge in [-0.3, -0.25) is 0 Å². The summed E-state index contributed by atoms with van der Waals surface area (Å²) in [6.07, 6.45) is 1.59. The van der Waals surface area contributed by atoms with Crippen molar-refractivity contribution >= 4 is 33.0 Å². The summed E-state index contributed by atoms with van der Waals surface area (Å²) in [5, 5.41) is 4.44. The molecular weight excluding hydrogens is 329 g/mol. The van der Waals surface area contributed by atoms with Gasteiger partial charge in [-0.1, -0.05) is 36.2 Å². The Balaban J connectivity index is 2.10. The summed E-state index contributed by atoms with van der Waals surface area (Å²) in [5.41, 5.74) is 1.11. The molecule has 0 aromatic heterocycles. The highest BCUT2D eigenvalue weighted by atomic mass is 35.5. The molecule has 21 heavy (non-hydrogen) atoms. The van der Waals surface area contributed by atoms with Gasteiger partial charge in [-0.25, -0.2) is 8.42 Å². The molecule has 2 rings (SSSR count). The lowest BCUT2D eigenvalue weighted by Gasteiger charge is -2.23. The Kier molecular flexibility index (Phi) is 5.95. The van der Waals surface area contributed by atoms with Crippen LogP contribution < -0.4 is 5.32 Å². The smallest absolute Gasteiger partial charge is 0.150 e. The van der Waals surface area contributed by atoms with Crippen LogP contribution in [0, 0.1) is 11.8 Å². The van der Waals surface area contributed by atoms with Crippen molar-refractivity contribution in [1.82, 2.24) is 5.32 Å². The third kappa shape index (κ3) is 4.85. The largest absolute Gasteiger partial charge is 0.317 e. The zero-order valence-corrected chi connectivity index (χ0v) is 14.4. The number of hydrogen-bond acceptors (Lipinski definition) is 3. The standard InChI is InChI=1S/C15H21Cl2NO2S/c1-2-18-9-13(12-5-6-21(19,20)10-12)7-11-3-4-14(16)15(17)8-11/h3-4,8,12-13,18H,2,5-7,9-10H2,1H3. The Labute approximate surface area is 136 Å². The Bertz CT molecular complexity index is 589. The molecule has 2 atom stereocenters. The predicted octanol–water partition coefficient (Wildman–Crippen LogP) is 3.20. The van der Waals surface area contributed by atoms with Gasteiger partial charge in [-0.2, -0.15) is 0 Å². The second-order valence-corrected chi connectivity index (χ2v) is 8.73. The summed E-state index contributed by atoms with van der Waals surface area (Å²) in [4.78, 5) is 0. The van der Waals surface area contributed by atoms with Gasteiger partial charge in [0.2, 0.25) is 0 Å². The highest BCUT2D eigenvalue weighted by molar-refractivity contribution is 7.91. The van der Waals surface area contributed by atoms with Crippen molar-refractivity contribution < 1.29 is 8.42 Å². The summed E-state index contributed by atoms with van der Waals surface area (Å²) < 4.78 is 23.4. The quantitative estimate of drug-likeness (QED) is 0.857. The minimum Gasteiger partial charge on any atom is -0.317 e. The van der Waals surface area contributed by atoms with Gasteiger partial charge in [0, 0.05) is 0 Å². The Morgan fingerprint density at radius 2 is 2.10 bits per heavy atom. The first-order valence-corrected chi connectivity index (χ1v) is 9.84. The van der Waals surface area contributed by atoms with Gasteiger partial charge in [0.1, 0.15) is 0 Å². The van der Waals surface area contributed by atoms with Gasteiger partial charge in [-0.05, 0) is 55.5 Å². The molecule has 0 spiro atoms. The lowest BCUT2D eigenvalue weighted by atomic mass is 9.86. The van der Waals surface area contributed by atoms with E-state index in [2.05, 4.69) is 12.2 Å². The molecule has 3 nitrogen and oxygen atoms in total. The van der Waals surface area contributed by atoms with Crippen LogP contribution in [0.1, 0.15) is 18.9 Å². The normalized spacial score (nSPS) is 22.3. The third-order valence-electron chi connectivity index (χ3n) is 4.07. The van der Waals surface area contributed by atoms with E-state index in [0.29, 0.717) is 27.5 Å². The van der Waals surface area contributed by atoms with Crippen LogP contribution in [0.2, 0.25) is 10.0 Å². The maximum absolute atomic E-state index is 11.7. The van der Waals surface area contributed by atoms with E-state index in [1.165, 1.54) is 0 Å². The van der Waals surface area contributed by atoms with Gasteiger partial charge in [-0.15, -0.1) is 0 Å². The van der Waals surface area contributed by atoms with Crippen molar-refractivity contribution in [3.8, 4) is 0 Å². The fourth-order valence-corrected chi connectivity index (χ4v) is 5.14. The van der Waals surface area contributed by atoms with E-state index < -0.39 is 9.84 Å². The lowest BCUT2D eigenvalue weighted by molar-refractivity contribution is 0.346. The second kappa shape index (κ2) is 7.32. The van der Waals surface area contributed by atoms with Crippen LogP contribution in [0.3, 0.4) is 0 Å². The predicted molar refractivity (Wildman–Crippen MR) is 89.0 cm³/mol. The Morgan fingerprint density at radius 1 is 1.33 bits per heavy atom. The molecule has 118 valence electrons. The van der Waals surface area contributed by atoms with Crippen LogP contribution in [0.25, 0.3) is 0 Å². The summed E-state index contributed by atoms with van der Waals surface area (Å²) in [6, 6.07) is 5.65. The fraction of sp³-hybridized carbons (Fsp3) is 0.600. The van der Waals surface area contributed by atoms with E-state index in [1.807, 2.05) is 12.1 Å². The third-order valence-corrected chi connectivity index (χ3v) is 6.61. The van der Waals surface area contributed by atoms with Crippen molar-refractivity contribution in [2.75, 3.05) is 24.6 Å². The summed E-state index contributed by atoms with van der Waals surface area (Å²) in [5.74, 6) is 1.16. The van der Waals surface area contributed by atoms with Crippen molar-refractivity contribution in [2.24, 2.45) is 11.8 Å². The molecule has 1 heterocycles. The van der Waals surface area contributed by atoms with E-state index in [4.69, 9.17) is 23.2 Å². The monoisotopic (exact) mass is 349 g/mol. The molecular formula is C15H21Cl2NO2S. The minimum absolute atomic E-state index is 0.225. The van der Waals surface area contributed by atoms with Gasteiger partial charge in [0.15, 0.2) is 9.84 Å². The van der Waals surface area contributed by atoms with Crippen LogP contribution in [0.4, 0.5) is 0 Å². The fourth-order valence-electron chi connectivity index (χ4n) is 2.90. The number of halogens is 2. The van der Waals surface area contributed by atoms with Crippen LogP contribution in [-0.2, 0) is 16.3 Å². The Morgan fingerprint density at radius 3 is 2.67 bits per heavy atom. The molecule has 0 saturated carbocycles. The van der Waals surface area contributed by atoms with Crippen molar-refractivity contribution in [3.63, 3.8) is 0 Å². The SMILES string of the molecule is CCNCC(Cc1ccc(Cl)c(Cl)c1)C1CCS(=O)(=O)C1. The average molecular weight is 350 g/mol. The summed E-state index contributed by atoms with van der Waals surface area (Å²) >= 11 is 12.0. The van der Waals surface area contributed by atoms with E-state index in [1.54, 1.807) is 6.07 Å². The number of sulfone groups is 1. The summed E-state index contributed by atoms with van der Waals surface area (Å²) in [6.45, 7) is 3.77. The highest BCUT2D eigenvalue weighted by Crippen LogP contribution is 2.30. The Hall–Kier alpha value is -0.290. The first kappa shape index (κ1) is 17.1. The number of benzene rings is 1. The van der Waals surface area contributed by atoms with E-state index in [9.17, 15) is 8.42 Å². The molecule has 0 aliphatic carbocycles. The molecule has 1 saturated heterocycles. The van der Waals surface area contributed by atoms with Crippen molar-refractivity contribution in [1.29, 1.82) is 0 Å². The van der Waals surface area contributed by atoms with E-state index >= 15 is 0 Å². The molecule has 1 aliphatic rings. The number of hydrogen-bond donors (Lipinski definition) is 1. The molecule has 1 aromatic rings. The van der Waals surface area contributed by atoms with Crippen LogP contribution >= 0.6 is 23.2 Å². The van der Waals surface area contributed by atoms with E-state index in [0.717, 1.165) is 31.5 Å². The molecule has 0 radical (unpaired) electrons. The highest BCUT2D eigenvalue weighted by Gasteiger charge is 2.33. The zero-order valence-electron chi connectivity index (χ0n) is 12.1. The molecule has 6 heteroatoms. The number of rotatable bonds is 6. The minimum atomic E-state index is -2.85. The molecule has 1 fully saturated rings. The maximum Gasteiger partial charge on any atom is 0.150 e. The van der Waals surface area contributed by atoms with Gasteiger partial charge in [0.05, 0.1) is 21.6 Å². The topological polar surface area (TPSA) is 46.2 Å². The second-order valence-electron chi connectivity index (χ2n) is 5.68. The van der Waals surface area contributed by atoms with Gasteiger partial charge in [0.25, 0.3) is 0 Å². The molecule has 1 aromatic carbocycles. The van der Waals surface area contributed by atoms with Crippen LogP contribution in [0.15, 0.2) is 18.2 Å². The maximum atomic E-state index is 11.7. The average Bonchev–Trinajstić information content (AvgIpc) is 2.79. The van der Waals surface area contributed by atoms with E-state index in [-0.39, 0.29) is 5.92 Å². The van der Waals surface area contributed by atoms with Crippen molar-refractivity contribution in [3.05, 3.63) is 33.8 Å². The first-order valence-electron chi connectivity index (χ1n) is 7.26.